The predicted molar refractivity (Wildman–Crippen MR) is 177 cm³/mol. The summed E-state index contributed by atoms with van der Waals surface area (Å²) in [7, 11) is 3.65. The fourth-order valence-electron chi connectivity index (χ4n) is 6.46. The Morgan fingerprint density at radius 1 is 0.979 bits per heavy atom. The lowest BCUT2D eigenvalue weighted by molar-refractivity contribution is -0.138. The van der Waals surface area contributed by atoms with E-state index >= 15 is 0 Å². The zero-order chi connectivity index (χ0) is 33.1. The topological polar surface area (TPSA) is 138 Å². The highest BCUT2D eigenvalue weighted by Crippen LogP contribution is 2.35. The van der Waals surface area contributed by atoms with Crippen molar-refractivity contribution in [2.24, 2.45) is 12.8 Å². The van der Waals surface area contributed by atoms with Crippen molar-refractivity contribution >= 4 is 34.4 Å². The number of fused-ring (bicyclic) bond motifs is 1. The third-order valence-electron chi connectivity index (χ3n) is 9.16. The average molecular weight is 651 g/mol. The minimum atomic E-state index is -4.56. The predicted octanol–water partition coefficient (Wildman–Crippen LogP) is 5.56. The number of hydrogen-bond acceptors (Lipinski definition) is 8. The monoisotopic (exact) mass is 650 g/mol. The molecule has 14 heteroatoms. The van der Waals surface area contributed by atoms with Gasteiger partial charge in [0.05, 0.1) is 16.8 Å². The first-order chi connectivity index (χ1) is 22.5. The summed E-state index contributed by atoms with van der Waals surface area (Å²) in [6.45, 7) is 1.64. The molecule has 2 fully saturated rings. The number of aromatic nitrogens is 4. The van der Waals surface area contributed by atoms with Crippen LogP contribution >= 0.6 is 0 Å². The van der Waals surface area contributed by atoms with Gasteiger partial charge >= 0.3 is 12.2 Å². The number of nitrogens with two attached hydrogens (primary N) is 1. The van der Waals surface area contributed by atoms with Gasteiger partial charge in [0.25, 0.3) is 0 Å². The number of amides is 2. The fraction of sp³-hybridized carbons (Fsp3) is 0.455. The molecule has 0 atom stereocenters. The molecule has 47 heavy (non-hydrogen) atoms. The number of nitrogens with zero attached hydrogens (tertiary/aromatic N) is 5. The van der Waals surface area contributed by atoms with Gasteiger partial charge in [-0.2, -0.15) is 18.3 Å². The van der Waals surface area contributed by atoms with E-state index in [1.165, 1.54) is 12.1 Å². The summed E-state index contributed by atoms with van der Waals surface area (Å²) in [4.78, 5) is 24.0. The Labute approximate surface area is 271 Å². The quantitative estimate of drug-likeness (QED) is 0.167. The van der Waals surface area contributed by atoms with Crippen LogP contribution in [-0.2, 0) is 19.8 Å². The van der Waals surface area contributed by atoms with Crippen molar-refractivity contribution in [2.75, 3.05) is 36.1 Å². The molecule has 11 nitrogen and oxygen atoms in total. The molecule has 2 aromatic heterocycles. The maximum atomic E-state index is 14.0. The molecule has 6 N–H and O–H groups in total. The molecule has 1 saturated heterocycles. The van der Waals surface area contributed by atoms with Crippen molar-refractivity contribution in [1.82, 2.24) is 30.0 Å². The molecule has 3 heterocycles. The Morgan fingerprint density at radius 2 is 1.74 bits per heavy atom. The summed E-state index contributed by atoms with van der Waals surface area (Å²) in [6, 6.07) is 11.7. The molecule has 1 aliphatic carbocycles. The number of rotatable bonds is 8. The van der Waals surface area contributed by atoms with Crippen LogP contribution in [0.5, 0.6) is 0 Å². The smallest absolute Gasteiger partial charge is 0.351 e. The Kier molecular flexibility index (Phi) is 9.62. The van der Waals surface area contributed by atoms with Crippen LogP contribution in [0.25, 0.3) is 22.2 Å². The van der Waals surface area contributed by atoms with E-state index in [1.54, 1.807) is 24.0 Å². The maximum absolute atomic E-state index is 14.0. The van der Waals surface area contributed by atoms with E-state index in [2.05, 4.69) is 36.3 Å². The number of benzene rings is 2. The van der Waals surface area contributed by atoms with Gasteiger partial charge in [-0.25, -0.2) is 14.8 Å². The molecule has 1 saturated carbocycles. The lowest BCUT2D eigenvalue weighted by Gasteiger charge is -2.32. The van der Waals surface area contributed by atoms with Gasteiger partial charge in [-0.05, 0) is 88.5 Å². The van der Waals surface area contributed by atoms with Gasteiger partial charge in [0.15, 0.2) is 5.82 Å². The van der Waals surface area contributed by atoms with Crippen LogP contribution in [0, 0.1) is 0 Å². The molecule has 0 radical (unpaired) electrons. The van der Waals surface area contributed by atoms with Crippen LogP contribution in [0.1, 0.15) is 49.7 Å². The van der Waals surface area contributed by atoms with Gasteiger partial charge in [0.1, 0.15) is 0 Å². The van der Waals surface area contributed by atoms with Crippen molar-refractivity contribution in [3.05, 3.63) is 59.8 Å². The minimum absolute atomic E-state index is 0.0408. The zero-order valence-corrected chi connectivity index (χ0v) is 26.6. The zero-order valence-electron chi connectivity index (χ0n) is 26.6. The Morgan fingerprint density at radius 3 is 2.47 bits per heavy atom. The molecule has 0 unspecified atom stereocenters. The Bertz CT molecular complexity index is 1710. The standard InChI is InChI=1S/C33H41F3N10O/c1-38-24-11-13-46(14-12-24)19-21-3-7-26(16-27(21)33(34,35)36)41-32(47)43-30-17-29(45(2)44-30)20-4-10-28-22(15-20)18-39-31(42-28)40-25-8-5-23(37)6-9-25/h3-4,7,10,15-18,23-25,38H,5-6,8-9,11-14,19,37H2,1-2H3,(H,39,40,42)(H2,41,43,44,47). The second kappa shape index (κ2) is 13.8. The summed E-state index contributed by atoms with van der Waals surface area (Å²) in [5, 5.41) is 17.0. The number of alkyl halides is 3. The lowest BCUT2D eigenvalue weighted by atomic mass is 9.92. The first kappa shape index (κ1) is 32.7. The van der Waals surface area contributed by atoms with Crippen LogP contribution < -0.4 is 27.0 Å². The van der Waals surface area contributed by atoms with Crippen molar-refractivity contribution in [3.63, 3.8) is 0 Å². The van der Waals surface area contributed by atoms with E-state index < -0.39 is 17.8 Å². The molecule has 0 spiro atoms. The normalized spacial score (nSPS) is 19.5. The summed E-state index contributed by atoms with van der Waals surface area (Å²) >= 11 is 0. The lowest BCUT2D eigenvalue weighted by Crippen LogP contribution is -2.41. The van der Waals surface area contributed by atoms with E-state index in [9.17, 15) is 18.0 Å². The Hall–Kier alpha value is -4.27. The largest absolute Gasteiger partial charge is 0.416 e. The van der Waals surface area contributed by atoms with Gasteiger partial charge in [0.2, 0.25) is 5.95 Å². The highest BCUT2D eigenvalue weighted by Gasteiger charge is 2.34. The second-order valence-corrected chi connectivity index (χ2v) is 12.5. The maximum Gasteiger partial charge on any atom is 0.416 e. The van der Waals surface area contributed by atoms with Gasteiger partial charge in [-0.1, -0.05) is 12.1 Å². The number of halogens is 3. The average Bonchev–Trinajstić information content (AvgIpc) is 3.41. The van der Waals surface area contributed by atoms with Crippen LogP contribution in [0.3, 0.4) is 0 Å². The molecule has 2 aromatic carbocycles. The van der Waals surface area contributed by atoms with Gasteiger partial charge in [-0.15, -0.1) is 0 Å². The number of urea groups is 1. The number of hydrogen-bond donors (Lipinski definition) is 5. The molecule has 4 aromatic rings. The number of carbonyl (C=O) groups excluding carboxylic acids is 1. The third kappa shape index (κ3) is 8.00. The molecule has 250 valence electrons. The number of nitrogens with one attached hydrogen (secondary N) is 4. The number of likely N-dealkylation sites (tertiary alicyclic amines) is 1. The summed E-state index contributed by atoms with van der Waals surface area (Å²) in [5.74, 6) is 0.839. The van der Waals surface area contributed by atoms with E-state index in [0.29, 0.717) is 18.0 Å². The number of aryl methyl sites for hydroxylation is 1. The van der Waals surface area contributed by atoms with Crippen LogP contribution in [0.15, 0.2) is 48.7 Å². The van der Waals surface area contributed by atoms with E-state index in [-0.39, 0.29) is 29.7 Å². The number of anilines is 3. The molecule has 0 bridgehead atoms. The molecular weight excluding hydrogens is 609 g/mol. The highest BCUT2D eigenvalue weighted by atomic mass is 19.4. The number of carbonyl (C=O) groups is 1. The van der Waals surface area contributed by atoms with Crippen LogP contribution in [0.4, 0.5) is 35.4 Å². The summed E-state index contributed by atoms with van der Waals surface area (Å²) in [5.41, 5.74) is 7.85. The first-order valence-corrected chi connectivity index (χ1v) is 16.0. The van der Waals surface area contributed by atoms with Crippen molar-refractivity contribution in [1.29, 1.82) is 0 Å². The fourth-order valence-corrected chi connectivity index (χ4v) is 6.46. The molecule has 2 amide bonds. The summed E-state index contributed by atoms with van der Waals surface area (Å²) in [6.07, 6.45) is 2.95. The van der Waals surface area contributed by atoms with E-state index in [0.717, 1.165) is 79.8 Å². The van der Waals surface area contributed by atoms with Crippen molar-refractivity contribution in [3.8, 4) is 11.3 Å². The van der Waals surface area contributed by atoms with Gasteiger partial charge < -0.3 is 21.7 Å². The molecular formula is C33H41F3N10O. The third-order valence-corrected chi connectivity index (χ3v) is 9.16. The van der Waals surface area contributed by atoms with Crippen LogP contribution in [0.2, 0.25) is 0 Å². The van der Waals surface area contributed by atoms with Crippen molar-refractivity contribution in [2.45, 2.75) is 69.4 Å². The number of piperidine rings is 1. The first-order valence-electron chi connectivity index (χ1n) is 16.0. The van der Waals surface area contributed by atoms with E-state index in [4.69, 9.17) is 5.73 Å². The second-order valence-electron chi connectivity index (χ2n) is 12.5. The van der Waals surface area contributed by atoms with E-state index in [1.807, 2.05) is 30.1 Å². The van der Waals surface area contributed by atoms with Crippen LogP contribution in [-0.4, -0.2) is 68.9 Å². The summed E-state index contributed by atoms with van der Waals surface area (Å²) < 4.78 is 43.7. The van der Waals surface area contributed by atoms with Gasteiger partial charge in [0, 0.05) is 60.6 Å². The van der Waals surface area contributed by atoms with Gasteiger partial charge in [-0.3, -0.25) is 14.9 Å². The molecule has 6 rings (SSSR count). The Balaban J connectivity index is 1.10. The highest BCUT2D eigenvalue weighted by molar-refractivity contribution is 5.99. The molecule has 2 aliphatic rings. The SMILES string of the molecule is CNC1CCN(Cc2ccc(NC(=O)Nc3cc(-c4ccc5nc(NC6CCC(N)CC6)ncc5c4)n(C)n3)cc2C(F)(F)F)CC1. The van der Waals surface area contributed by atoms with Crippen molar-refractivity contribution < 1.29 is 18.0 Å². The molecule has 1 aliphatic heterocycles. The minimum Gasteiger partial charge on any atom is -0.351 e.